The second kappa shape index (κ2) is 5.38. The summed E-state index contributed by atoms with van der Waals surface area (Å²) >= 11 is 0. The fourth-order valence-electron chi connectivity index (χ4n) is 2.62. The molecule has 0 aliphatic carbocycles. The molecule has 0 saturated heterocycles. The summed E-state index contributed by atoms with van der Waals surface area (Å²) in [5.74, 6) is -0.917. The molecule has 0 atom stereocenters. The minimum atomic E-state index is -0.917. The van der Waals surface area contributed by atoms with Gasteiger partial charge in [0.2, 0.25) is 0 Å². The lowest BCUT2D eigenvalue weighted by atomic mass is 10.1. The smallest absolute Gasteiger partial charge is 0.335 e. The van der Waals surface area contributed by atoms with E-state index in [1.807, 2.05) is 31.2 Å². The first-order valence-corrected chi connectivity index (χ1v) is 6.91. The second-order valence-electron chi connectivity index (χ2n) is 5.26. The molecule has 22 heavy (non-hydrogen) atoms. The second-order valence-corrected chi connectivity index (χ2v) is 5.26. The van der Waals surface area contributed by atoms with E-state index >= 15 is 0 Å². The average molecular weight is 290 g/mol. The molecule has 4 heteroatoms. The number of hydrogen-bond donors (Lipinski definition) is 1. The summed E-state index contributed by atoms with van der Waals surface area (Å²) in [5.41, 5.74) is 4.11. The summed E-state index contributed by atoms with van der Waals surface area (Å²) in [7, 11) is 0. The van der Waals surface area contributed by atoms with Gasteiger partial charge < -0.3 is 9.67 Å². The molecule has 0 bridgehead atoms. The van der Waals surface area contributed by atoms with Gasteiger partial charge in [-0.2, -0.15) is 5.26 Å². The van der Waals surface area contributed by atoms with Gasteiger partial charge in [0.15, 0.2) is 0 Å². The maximum atomic E-state index is 11.1. The lowest BCUT2D eigenvalue weighted by Crippen LogP contribution is -2.02. The van der Waals surface area contributed by atoms with Crippen molar-refractivity contribution in [3.8, 4) is 6.07 Å². The van der Waals surface area contributed by atoms with Crippen LogP contribution in [0.2, 0.25) is 0 Å². The number of rotatable bonds is 3. The van der Waals surface area contributed by atoms with Crippen LogP contribution in [-0.2, 0) is 6.54 Å². The Bertz CT molecular complexity index is 899. The molecule has 1 heterocycles. The number of benzene rings is 2. The molecule has 1 N–H and O–H groups in total. The van der Waals surface area contributed by atoms with Crippen molar-refractivity contribution in [2.45, 2.75) is 13.5 Å². The molecular formula is C18H14N2O2. The highest BCUT2D eigenvalue weighted by molar-refractivity contribution is 5.94. The van der Waals surface area contributed by atoms with Gasteiger partial charge in [-0.05, 0) is 48.9 Å². The van der Waals surface area contributed by atoms with Crippen LogP contribution in [0.15, 0.2) is 48.5 Å². The molecular weight excluding hydrogens is 276 g/mol. The van der Waals surface area contributed by atoms with E-state index in [4.69, 9.17) is 10.4 Å². The fourth-order valence-corrected chi connectivity index (χ4v) is 2.62. The molecule has 3 aromatic rings. The molecule has 0 aliphatic heterocycles. The van der Waals surface area contributed by atoms with Crippen LogP contribution >= 0.6 is 0 Å². The number of aryl methyl sites for hydroxylation is 1. The van der Waals surface area contributed by atoms with Gasteiger partial charge >= 0.3 is 5.97 Å². The van der Waals surface area contributed by atoms with E-state index in [0.717, 1.165) is 22.2 Å². The van der Waals surface area contributed by atoms with Gasteiger partial charge in [-0.25, -0.2) is 4.79 Å². The van der Waals surface area contributed by atoms with Crippen LogP contribution in [0, 0.1) is 18.3 Å². The maximum absolute atomic E-state index is 11.1. The lowest BCUT2D eigenvalue weighted by Gasteiger charge is -2.09. The van der Waals surface area contributed by atoms with Crippen LogP contribution in [0.1, 0.15) is 27.2 Å². The third kappa shape index (κ3) is 2.45. The van der Waals surface area contributed by atoms with Crippen LogP contribution in [0.25, 0.3) is 10.9 Å². The number of aromatic nitrogens is 1. The largest absolute Gasteiger partial charge is 0.478 e. The summed E-state index contributed by atoms with van der Waals surface area (Å²) in [6, 6.07) is 16.8. The van der Waals surface area contributed by atoms with Gasteiger partial charge in [0, 0.05) is 23.1 Å². The number of fused-ring (bicyclic) bond motifs is 1. The molecule has 0 unspecified atom stereocenters. The summed E-state index contributed by atoms with van der Waals surface area (Å²) in [6.45, 7) is 2.69. The first kappa shape index (κ1) is 13.9. The molecule has 0 aliphatic rings. The number of hydrogen-bond acceptors (Lipinski definition) is 2. The van der Waals surface area contributed by atoms with Gasteiger partial charge in [-0.15, -0.1) is 0 Å². The highest BCUT2D eigenvalue weighted by Gasteiger charge is 2.09. The van der Waals surface area contributed by atoms with E-state index in [2.05, 4.69) is 10.6 Å². The molecule has 0 spiro atoms. The number of carboxylic acid groups (broad SMARTS) is 1. The monoisotopic (exact) mass is 290 g/mol. The minimum Gasteiger partial charge on any atom is -0.478 e. The first-order chi connectivity index (χ1) is 10.6. The zero-order valence-corrected chi connectivity index (χ0v) is 12.1. The van der Waals surface area contributed by atoms with Gasteiger partial charge in [0.25, 0.3) is 0 Å². The molecule has 0 radical (unpaired) electrons. The number of carboxylic acids is 1. The Balaban J connectivity index is 2.01. The van der Waals surface area contributed by atoms with Crippen molar-refractivity contribution < 1.29 is 9.90 Å². The quantitative estimate of drug-likeness (QED) is 0.802. The fraction of sp³-hybridized carbons (Fsp3) is 0.111. The zero-order valence-electron chi connectivity index (χ0n) is 12.1. The Morgan fingerprint density at radius 1 is 1.18 bits per heavy atom. The third-order valence-electron chi connectivity index (χ3n) is 3.78. The normalized spacial score (nSPS) is 10.5. The van der Waals surface area contributed by atoms with E-state index in [9.17, 15) is 4.79 Å². The molecule has 0 fully saturated rings. The van der Waals surface area contributed by atoms with Crippen LogP contribution in [0.5, 0.6) is 0 Å². The van der Waals surface area contributed by atoms with Gasteiger partial charge in [0.05, 0.1) is 17.2 Å². The topological polar surface area (TPSA) is 66.0 Å². The molecule has 108 valence electrons. The number of carbonyl (C=O) groups is 1. The highest BCUT2D eigenvalue weighted by Crippen LogP contribution is 2.22. The van der Waals surface area contributed by atoms with Crippen molar-refractivity contribution in [1.29, 1.82) is 5.26 Å². The number of nitriles is 1. The van der Waals surface area contributed by atoms with Crippen molar-refractivity contribution in [3.63, 3.8) is 0 Å². The van der Waals surface area contributed by atoms with Crippen LogP contribution in [-0.4, -0.2) is 15.6 Å². The van der Waals surface area contributed by atoms with Crippen molar-refractivity contribution in [3.05, 3.63) is 70.9 Å². The molecule has 3 rings (SSSR count). The predicted molar refractivity (Wildman–Crippen MR) is 83.9 cm³/mol. The lowest BCUT2D eigenvalue weighted by molar-refractivity contribution is 0.0697. The summed E-state index contributed by atoms with van der Waals surface area (Å²) in [5, 5.41) is 18.8. The van der Waals surface area contributed by atoms with Gasteiger partial charge in [-0.3, -0.25) is 0 Å². The Kier molecular flexibility index (Phi) is 3.40. The van der Waals surface area contributed by atoms with Crippen molar-refractivity contribution in [1.82, 2.24) is 4.57 Å². The number of nitrogens with zero attached hydrogens (tertiary/aromatic N) is 2. The Morgan fingerprint density at radius 3 is 2.55 bits per heavy atom. The molecule has 0 saturated carbocycles. The SMILES string of the molecule is Cc1cc2cc(C(=O)O)ccc2n1Cc1ccc(C#N)cc1. The van der Waals surface area contributed by atoms with E-state index in [1.165, 1.54) is 0 Å². The van der Waals surface area contributed by atoms with Crippen LogP contribution < -0.4 is 0 Å². The number of aromatic carboxylic acids is 1. The highest BCUT2D eigenvalue weighted by atomic mass is 16.4. The average Bonchev–Trinajstić information content (AvgIpc) is 2.83. The maximum Gasteiger partial charge on any atom is 0.335 e. The molecule has 0 amide bonds. The molecule has 4 nitrogen and oxygen atoms in total. The van der Waals surface area contributed by atoms with E-state index in [1.54, 1.807) is 24.3 Å². The Hall–Kier alpha value is -3.06. The van der Waals surface area contributed by atoms with Crippen LogP contribution in [0.4, 0.5) is 0 Å². The summed E-state index contributed by atoms with van der Waals surface area (Å²) < 4.78 is 2.14. The third-order valence-corrected chi connectivity index (χ3v) is 3.78. The summed E-state index contributed by atoms with van der Waals surface area (Å²) in [6.07, 6.45) is 0. The Labute approximate surface area is 127 Å². The first-order valence-electron chi connectivity index (χ1n) is 6.91. The molecule has 2 aromatic carbocycles. The summed E-state index contributed by atoms with van der Waals surface area (Å²) in [4.78, 5) is 11.1. The van der Waals surface area contributed by atoms with Crippen molar-refractivity contribution >= 4 is 16.9 Å². The molecule has 1 aromatic heterocycles. The van der Waals surface area contributed by atoms with Crippen LogP contribution in [0.3, 0.4) is 0 Å². The van der Waals surface area contributed by atoms with Gasteiger partial charge in [0.1, 0.15) is 0 Å². The van der Waals surface area contributed by atoms with E-state index in [0.29, 0.717) is 17.7 Å². The van der Waals surface area contributed by atoms with Gasteiger partial charge in [-0.1, -0.05) is 12.1 Å². The minimum absolute atomic E-state index is 0.294. The van der Waals surface area contributed by atoms with E-state index in [-0.39, 0.29) is 0 Å². The zero-order chi connectivity index (χ0) is 15.7. The van der Waals surface area contributed by atoms with E-state index < -0.39 is 5.97 Å². The predicted octanol–water partition coefficient (Wildman–Crippen LogP) is 3.57. The Morgan fingerprint density at radius 2 is 1.91 bits per heavy atom. The van der Waals surface area contributed by atoms with Crippen molar-refractivity contribution in [2.24, 2.45) is 0 Å². The standard InChI is InChI=1S/C18H14N2O2/c1-12-8-16-9-15(18(21)22)6-7-17(16)20(12)11-14-4-2-13(10-19)3-5-14/h2-9H,11H2,1H3,(H,21,22). The van der Waals surface area contributed by atoms with Crippen molar-refractivity contribution in [2.75, 3.05) is 0 Å².